The Hall–Kier alpha value is -2.12. The van der Waals surface area contributed by atoms with E-state index in [1.54, 1.807) is 18.2 Å². The maximum absolute atomic E-state index is 11.3. The minimum Gasteiger partial charge on any atom is -0.386 e. The summed E-state index contributed by atoms with van der Waals surface area (Å²) >= 11 is 0. The standard InChI is InChI=1S/C13H11NO3/c1-14-7-3-2-4-9-5-6-10-11(8-9)13(16)17-12(10)15/h5-6,8,14H,3,7H2,1H3. The lowest BCUT2D eigenvalue weighted by Crippen LogP contribution is -2.05. The van der Waals surface area contributed by atoms with Crippen molar-refractivity contribution >= 4 is 11.9 Å². The van der Waals surface area contributed by atoms with Gasteiger partial charge in [0.1, 0.15) is 0 Å². The molecular weight excluding hydrogens is 218 g/mol. The largest absolute Gasteiger partial charge is 0.386 e. The first-order valence-electron chi connectivity index (χ1n) is 5.26. The van der Waals surface area contributed by atoms with Gasteiger partial charge in [-0.05, 0) is 25.2 Å². The van der Waals surface area contributed by atoms with Crippen molar-refractivity contribution in [2.24, 2.45) is 0 Å². The maximum atomic E-state index is 11.3. The summed E-state index contributed by atoms with van der Waals surface area (Å²) in [6.45, 7) is 0.818. The molecule has 0 atom stereocenters. The van der Waals surface area contributed by atoms with E-state index in [9.17, 15) is 9.59 Å². The van der Waals surface area contributed by atoms with Crippen molar-refractivity contribution in [1.82, 2.24) is 5.32 Å². The number of esters is 2. The highest BCUT2D eigenvalue weighted by atomic mass is 16.6. The van der Waals surface area contributed by atoms with Crippen molar-refractivity contribution in [3.63, 3.8) is 0 Å². The molecule has 1 aliphatic heterocycles. The molecule has 1 heterocycles. The van der Waals surface area contributed by atoms with Crippen LogP contribution in [0.2, 0.25) is 0 Å². The van der Waals surface area contributed by atoms with E-state index in [0.29, 0.717) is 16.7 Å². The second-order valence-electron chi connectivity index (χ2n) is 3.59. The number of hydrogen-bond acceptors (Lipinski definition) is 4. The van der Waals surface area contributed by atoms with Crippen molar-refractivity contribution in [2.45, 2.75) is 6.42 Å². The Kier molecular flexibility index (Phi) is 3.22. The van der Waals surface area contributed by atoms with Crippen LogP contribution in [-0.2, 0) is 4.74 Å². The number of benzene rings is 1. The number of carbonyl (C=O) groups is 2. The molecule has 0 saturated carbocycles. The molecule has 1 aliphatic rings. The van der Waals surface area contributed by atoms with Crippen LogP contribution in [0.25, 0.3) is 0 Å². The van der Waals surface area contributed by atoms with E-state index in [1.807, 2.05) is 7.05 Å². The van der Waals surface area contributed by atoms with E-state index in [4.69, 9.17) is 0 Å². The fourth-order valence-corrected chi connectivity index (χ4v) is 1.52. The van der Waals surface area contributed by atoms with Crippen LogP contribution in [0.1, 0.15) is 32.7 Å². The molecule has 1 N–H and O–H groups in total. The Morgan fingerprint density at radius 2 is 2.00 bits per heavy atom. The fourth-order valence-electron chi connectivity index (χ4n) is 1.52. The first kappa shape index (κ1) is 11.4. The van der Waals surface area contributed by atoms with Gasteiger partial charge in [-0.2, -0.15) is 0 Å². The fraction of sp³-hybridized carbons (Fsp3) is 0.231. The molecule has 4 heteroatoms. The van der Waals surface area contributed by atoms with Gasteiger partial charge in [-0.15, -0.1) is 0 Å². The average Bonchev–Trinajstić information content (AvgIpc) is 2.61. The minimum absolute atomic E-state index is 0.301. The van der Waals surface area contributed by atoms with Gasteiger partial charge in [0.15, 0.2) is 0 Å². The normalized spacial score (nSPS) is 12.8. The smallest absolute Gasteiger partial charge is 0.346 e. The van der Waals surface area contributed by atoms with Crippen LogP contribution in [0.15, 0.2) is 18.2 Å². The van der Waals surface area contributed by atoms with E-state index in [0.717, 1.165) is 13.0 Å². The van der Waals surface area contributed by atoms with Gasteiger partial charge in [-0.25, -0.2) is 9.59 Å². The number of cyclic esters (lactones) is 2. The molecule has 1 aromatic carbocycles. The van der Waals surface area contributed by atoms with Gasteiger partial charge in [-0.1, -0.05) is 11.8 Å². The lowest BCUT2D eigenvalue weighted by Gasteiger charge is -1.93. The van der Waals surface area contributed by atoms with Crippen LogP contribution in [0.5, 0.6) is 0 Å². The molecule has 0 aliphatic carbocycles. The van der Waals surface area contributed by atoms with E-state index in [1.165, 1.54) is 0 Å². The zero-order valence-electron chi connectivity index (χ0n) is 9.37. The predicted octanol–water partition coefficient (Wildman–Crippen LogP) is 0.958. The SMILES string of the molecule is CNCCC#Cc1ccc2c(c1)C(=O)OC2=O. The summed E-state index contributed by atoms with van der Waals surface area (Å²) < 4.78 is 4.49. The summed E-state index contributed by atoms with van der Waals surface area (Å²) in [6, 6.07) is 4.88. The zero-order chi connectivity index (χ0) is 12.3. The summed E-state index contributed by atoms with van der Waals surface area (Å²) in [5.74, 6) is 4.73. The molecule has 0 fully saturated rings. The minimum atomic E-state index is -0.594. The maximum Gasteiger partial charge on any atom is 0.346 e. The van der Waals surface area contributed by atoms with Gasteiger partial charge in [-0.3, -0.25) is 0 Å². The second-order valence-corrected chi connectivity index (χ2v) is 3.59. The quantitative estimate of drug-likeness (QED) is 0.355. The summed E-state index contributed by atoms with van der Waals surface area (Å²) in [4.78, 5) is 22.5. The van der Waals surface area contributed by atoms with E-state index in [-0.39, 0.29) is 0 Å². The van der Waals surface area contributed by atoms with Crippen LogP contribution in [-0.4, -0.2) is 25.5 Å². The third-order valence-corrected chi connectivity index (χ3v) is 2.38. The molecule has 0 saturated heterocycles. The van der Waals surface area contributed by atoms with E-state index >= 15 is 0 Å². The van der Waals surface area contributed by atoms with Gasteiger partial charge in [0.25, 0.3) is 0 Å². The molecule has 4 nitrogen and oxygen atoms in total. The van der Waals surface area contributed by atoms with Gasteiger partial charge in [0.05, 0.1) is 11.1 Å². The lowest BCUT2D eigenvalue weighted by atomic mass is 10.1. The van der Waals surface area contributed by atoms with Crippen molar-refractivity contribution in [2.75, 3.05) is 13.6 Å². The van der Waals surface area contributed by atoms with Crippen molar-refractivity contribution in [3.8, 4) is 11.8 Å². The van der Waals surface area contributed by atoms with Gasteiger partial charge >= 0.3 is 11.9 Å². The Bertz CT molecular complexity index is 537. The molecule has 0 bridgehead atoms. The Morgan fingerprint density at radius 1 is 1.24 bits per heavy atom. The molecule has 0 spiro atoms. The van der Waals surface area contributed by atoms with Gasteiger partial charge < -0.3 is 10.1 Å². The van der Waals surface area contributed by atoms with E-state index in [2.05, 4.69) is 21.9 Å². The summed E-state index contributed by atoms with van der Waals surface area (Å²) in [5, 5.41) is 2.99. The average molecular weight is 229 g/mol. The highest BCUT2D eigenvalue weighted by Crippen LogP contribution is 2.20. The van der Waals surface area contributed by atoms with Crippen molar-refractivity contribution in [1.29, 1.82) is 0 Å². The van der Waals surface area contributed by atoms with Crippen LogP contribution < -0.4 is 5.32 Å². The molecule has 86 valence electrons. The number of nitrogens with one attached hydrogen (secondary N) is 1. The number of rotatable bonds is 2. The zero-order valence-corrected chi connectivity index (χ0v) is 9.37. The second kappa shape index (κ2) is 4.81. The first-order valence-corrected chi connectivity index (χ1v) is 5.26. The Labute approximate surface area is 99.0 Å². The number of fused-ring (bicyclic) bond motifs is 1. The van der Waals surface area contributed by atoms with Gasteiger partial charge in [0.2, 0.25) is 0 Å². The van der Waals surface area contributed by atoms with Crippen LogP contribution in [0.3, 0.4) is 0 Å². The van der Waals surface area contributed by atoms with Crippen molar-refractivity contribution in [3.05, 3.63) is 34.9 Å². The molecule has 0 radical (unpaired) electrons. The Balaban J connectivity index is 2.22. The highest BCUT2D eigenvalue weighted by molar-refractivity contribution is 6.14. The lowest BCUT2D eigenvalue weighted by molar-refractivity contribution is 0.0444. The first-order chi connectivity index (χ1) is 8.22. The molecule has 2 rings (SSSR count). The molecule has 0 amide bonds. The summed E-state index contributed by atoms with van der Waals surface area (Å²) in [5.41, 5.74) is 1.33. The molecular formula is C13H11NO3. The van der Waals surface area contributed by atoms with Crippen LogP contribution in [0.4, 0.5) is 0 Å². The molecule has 17 heavy (non-hydrogen) atoms. The predicted molar refractivity (Wildman–Crippen MR) is 61.6 cm³/mol. The number of carbonyl (C=O) groups excluding carboxylic acids is 2. The third-order valence-electron chi connectivity index (χ3n) is 2.38. The topological polar surface area (TPSA) is 55.4 Å². The van der Waals surface area contributed by atoms with Gasteiger partial charge in [0, 0.05) is 18.5 Å². The van der Waals surface area contributed by atoms with Crippen LogP contribution in [0, 0.1) is 11.8 Å². The summed E-state index contributed by atoms with van der Waals surface area (Å²) in [7, 11) is 1.86. The van der Waals surface area contributed by atoms with Crippen molar-refractivity contribution < 1.29 is 14.3 Å². The highest BCUT2D eigenvalue weighted by Gasteiger charge is 2.29. The van der Waals surface area contributed by atoms with E-state index < -0.39 is 11.9 Å². The van der Waals surface area contributed by atoms with Crippen LogP contribution >= 0.6 is 0 Å². The third kappa shape index (κ3) is 2.35. The molecule has 0 unspecified atom stereocenters. The monoisotopic (exact) mass is 229 g/mol. The number of ether oxygens (including phenoxy) is 1. The molecule has 0 aromatic heterocycles. The number of hydrogen-bond donors (Lipinski definition) is 1. The summed E-state index contributed by atoms with van der Waals surface area (Å²) in [6.07, 6.45) is 0.733. The molecule has 1 aromatic rings. The Morgan fingerprint density at radius 3 is 2.76 bits per heavy atom.